The molecular weight excluding hydrogens is 205 g/mol. The second kappa shape index (κ2) is 4.87. The van der Waals surface area contributed by atoms with Crippen molar-refractivity contribution in [3.8, 4) is 5.75 Å². The minimum absolute atomic E-state index is 0.193. The molecule has 1 aromatic carbocycles. The van der Waals surface area contributed by atoms with E-state index in [9.17, 15) is 13.2 Å². The molecule has 15 heavy (non-hydrogen) atoms. The Morgan fingerprint density at radius 1 is 1.40 bits per heavy atom. The Hall–Kier alpha value is -1.45. The van der Waals surface area contributed by atoms with Gasteiger partial charge in [0.1, 0.15) is 11.6 Å². The Morgan fingerprint density at radius 3 is 2.60 bits per heavy atom. The van der Waals surface area contributed by atoms with Gasteiger partial charge in [0.25, 0.3) is 0 Å². The van der Waals surface area contributed by atoms with Crippen LogP contribution >= 0.6 is 0 Å². The second-order valence-electron chi connectivity index (χ2n) is 2.94. The van der Waals surface area contributed by atoms with E-state index in [0.717, 1.165) is 6.07 Å². The molecule has 1 aromatic rings. The van der Waals surface area contributed by atoms with E-state index in [1.54, 1.807) is 6.92 Å². The molecule has 4 heteroatoms. The van der Waals surface area contributed by atoms with Gasteiger partial charge in [-0.05, 0) is 17.7 Å². The number of hydrogen-bond acceptors (Lipinski definition) is 1. The SMILES string of the molecule is C=C[C](C)c1cc(F)cc(OC(F)F)c1. The van der Waals surface area contributed by atoms with Crippen LogP contribution in [0.15, 0.2) is 30.9 Å². The quantitative estimate of drug-likeness (QED) is 0.746. The number of ether oxygens (including phenoxy) is 1. The van der Waals surface area contributed by atoms with Gasteiger partial charge in [0.2, 0.25) is 0 Å². The summed E-state index contributed by atoms with van der Waals surface area (Å²) < 4.78 is 40.9. The third-order valence-electron chi connectivity index (χ3n) is 1.86. The van der Waals surface area contributed by atoms with Crippen LogP contribution in [0.4, 0.5) is 13.2 Å². The monoisotopic (exact) mass is 215 g/mol. The van der Waals surface area contributed by atoms with Crippen LogP contribution in [0.2, 0.25) is 0 Å². The summed E-state index contributed by atoms with van der Waals surface area (Å²) in [7, 11) is 0. The van der Waals surface area contributed by atoms with Crippen molar-refractivity contribution in [1.29, 1.82) is 0 Å². The van der Waals surface area contributed by atoms with E-state index >= 15 is 0 Å². The van der Waals surface area contributed by atoms with E-state index in [2.05, 4.69) is 11.3 Å². The molecule has 0 saturated heterocycles. The van der Waals surface area contributed by atoms with E-state index in [-0.39, 0.29) is 5.75 Å². The maximum Gasteiger partial charge on any atom is 0.387 e. The maximum atomic E-state index is 13.0. The van der Waals surface area contributed by atoms with Crippen molar-refractivity contribution >= 4 is 0 Å². The lowest BCUT2D eigenvalue weighted by atomic mass is 10.0. The molecule has 0 aliphatic heterocycles. The van der Waals surface area contributed by atoms with Crippen LogP contribution < -0.4 is 4.74 Å². The van der Waals surface area contributed by atoms with Crippen molar-refractivity contribution < 1.29 is 17.9 Å². The van der Waals surface area contributed by atoms with Crippen LogP contribution in [0.1, 0.15) is 12.5 Å². The first-order valence-corrected chi connectivity index (χ1v) is 4.24. The molecule has 0 bridgehead atoms. The van der Waals surface area contributed by atoms with Crippen molar-refractivity contribution in [3.63, 3.8) is 0 Å². The molecule has 0 fully saturated rings. The van der Waals surface area contributed by atoms with E-state index in [1.165, 1.54) is 18.2 Å². The first-order valence-electron chi connectivity index (χ1n) is 4.24. The summed E-state index contributed by atoms with van der Waals surface area (Å²) >= 11 is 0. The molecule has 0 saturated carbocycles. The Balaban J connectivity index is 2.99. The summed E-state index contributed by atoms with van der Waals surface area (Å²) in [5.41, 5.74) is 0.473. The first kappa shape index (κ1) is 11.6. The summed E-state index contributed by atoms with van der Waals surface area (Å²) in [5.74, 6) is -0.126. The smallest absolute Gasteiger partial charge is 0.387 e. The van der Waals surface area contributed by atoms with Crippen LogP contribution in [-0.2, 0) is 0 Å². The minimum atomic E-state index is -2.95. The zero-order valence-corrected chi connectivity index (χ0v) is 8.14. The molecule has 0 amide bonds. The lowest BCUT2D eigenvalue weighted by molar-refractivity contribution is -0.0500. The molecule has 0 unspecified atom stereocenters. The highest BCUT2D eigenvalue weighted by atomic mass is 19.3. The highest BCUT2D eigenvalue weighted by molar-refractivity contribution is 5.40. The van der Waals surface area contributed by atoms with Gasteiger partial charge >= 0.3 is 6.61 Å². The zero-order chi connectivity index (χ0) is 11.4. The standard InChI is InChI=1S/C11H10F3O/c1-3-7(2)8-4-9(12)6-10(5-8)15-11(13)14/h3-6,11H,1H2,2H3. The predicted molar refractivity (Wildman–Crippen MR) is 51.2 cm³/mol. The van der Waals surface area contributed by atoms with Gasteiger partial charge in [-0.3, -0.25) is 0 Å². The average Bonchev–Trinajstić information content (AvgIpc) is 2.14. The number of hydrogen-bond donors (Lipinski definition) is 0. The van der Waals surface area contributed by atoms with Crippen molar-refractivity contribution in [2.75, 3.05) is 0 Å². The molecular formula is C11H10F3O. The van der Waals surface area contributed by atoms with Gasteiger partial charge < -0.3 is 4.74 Å². The average molecular weight is 215 g/mol. The second-order valence-corrected chi connectivity index (χ2v) is 2.94. The summed E-state index contributed by atoms with van der Waals surface area (Å²) in [4.78, 5) is 0. The Morgan fingerprint density at radius 2 is 2.07 bits per heavy atom. The Kier molecular flexibility index (Phi) is 3.77. The number of allylic oxidation sites excluding steroid dienone is 1. The molecule has 0 aliphatic carbocycles. The normalized spacial score (nSPS) is 10.8. The summed E-state index contributed by atoms with van der Waals surface area (Å²) in [6.45, 7) is 2.26. The van der Waals surface area contributed by atoms with Crippen LogP contribution in [-0.4, -0.2) is 6.61 Å². The van der Waals surface area contributed by atoms with Gasteiger partial charge in [-0.25, -0.2) is 4.39 Å². The van der Waals surface area contributed by atoms with Gasteiger partial charge in [-0.1, -0.05) is 13.0 Å². The Labute approximate surface area is 86.2 Å². The summed E-state index contributed by atoms with van der Waals surface area (Å²) in [6.07, 6.45) is 1.51. The summed E-state index contributed by atoms with van der Waals surface area (Å²) in [6, 6.07) is 3.48. The molecule has 0 aliphatic rings. The van der Waals surface area contributed by atoms with Crippen LogP contribution in [0.25, 0.3) is 0 Å². The molecule has 0 spiro atoms. The van der Waals surface area contributed by atoms with Gasteiger partial charge in [-0.15, -0.1) is 6.58 Å². The lowest BCUT2D eigenvalue weighted by Crippen LogP contribution is -2.03. The first-order chi connectivity index (χ1) is 7.02. The molecule has 0 aromatic heterocycles. The molecule has 0 heterocycles. The van der Waals surface area contributed by atoms with Gasteiger partial charge in [0.05, 0.1) is 0 Å². The van der Waals surface area contributed by atoms with Gasteiger partial charge in [0.15, 0.2) is 0 Å². The van der Waals surface area contributed by atoms with Crippen molar-refractivity contribution in [2.24, 2.45) is 0 Å². The van der Waals surface area contributed by atoms with E-state index in [1.807, 2.05) is 0 Å². The molecule has 1 radical (unpaired) electrons. The lowest BCUT2D eigenvalue weighted by Gasteiger charge is -2.09. The van der Waals surface area contributed by atoms with Crippen LogP contribution in [0.3, 0.4) is 0 Å². The van der Waals surface area contributed by atoms with Crippen LogP contribution in [0.5, 0.6) is 5.75 Å². The van der Waals surface area contributed by atoms with Crippen molar-refractivity contribution in [3.05, 3.63) is 48.2 Å². The van der Waals surface area contributed by atoms with E-state index in [4.69, 9.17) is 0 Å². The largest absolute Gasteiger partial charge is 0.435 e. The Bertz CT molecular complexity index is 350. The van der Waals surface area contributed by atoms with Crippen molar-refractivity contribution in [1.82, 2.24) is 0 Å². The van der Waals surface area contributed by atoms with Gasteiger partial charge in [-0.2, -0.15) is 8.78 Å². The number of halogens is 3. The molecule has 81 valence electrons. The fraction of sp³-hybridized carbons (Fsp3) is 0.182. The maximum absolute atomic E-state index is 13.0. The number of benzene rings is 1. The molecule has 0 N–H and O–H groups in total. The molecule has 1 nitrogen and oxygen atoms in total. The third-order valence-corrected chi connectivity index (χ3v) is 1.86. The highest BCUT2D eigenvalue weighted by Gasteiger charge is 2.10. The summed E-state index contributed by atoms with van der Waals surface area (Å²) in [5, 5.41) is 0. The van der Waals surface area contributed by atoms with Crippen LogP contribution in [0, 0.1) is 11.7 Å². The molecule has 1 rings (SSSR count). The fourth-order valence-electron chi connectivity index (χ4n) is 1.08. The number of rotatable bonds is 4. The van der Waals surface area contributed by atoms with E-state index < -0.39 is 12.4 Å². The molecule has 0 atom stereocenters. The predicted octanol–water partition coefficient (Wildman–Crippen LogP) is 3.56. The fourth-order valence-corrected chi connectivity index (χ4v) is 1.08. The number of alkyl halides is 2. The highest BCUT2D eigenvalue weighted by Crippen LogP contribution is 2.23. The topological polar surface area (TPSA) is 9.23 Å². The third kappa shape index (κ3) is 3.31. The minimum Gasteiger partial charge on any atom is -0.435 e. The van der Waals surface area contributed by atoms with E-state index in [0.29, 0.717) is 11.5 Å². The van der Waals surface area contributed by atoms with Gasteiger partial charge in [0, 0.05) is 12.0 Å². The zero-order valence-electron chi connectivity index (χ0n) is 8.14. The van der Waals surface area contributed by atoms with Crippen molar-refractivity contribution in [2.45, 2.75) is 13.5 Å².